The van der Waals surface area contributed by atoms with Crippen molar-refractivity contribution in [3.8, 4) is 0 Å². The van der Waals surface area contributed by atoms with E-state index in [2.05, 4.69) is 0 Å². The Balaban J connectivity index is 2.73. The molecule has 3 N–H and O–H groups in total. The number of rotatable bonds is 3. The lowest BCUT2D eigenvalue weighted by molar-refractivity contribution is -0.147. The van der Waals surface area contributed by atoms with E-state index in [9.17, 15) is 9.90 Å². The van der Waals surface area contributed by atoms with E-state index < -0.39 is 11.4 Å². The minimum absolute atomic E-state index is 0.192. The molecule has 0 aromatic carbocycles. The van der Waals surface area contributed by atoms with Gasteiger partial charge in [-0.2, -0.15) is 0 Å². The Bertz CT molecular complexity index is 227. The van der Waals surface area contributed by atoms with Crippen molar-refractivity contribution in [2.45, 2.75) is 45.1 Å². The fourth-order valence-electron chi connectivity index (χ4n) is 1.95. The monoisotopic (exact) mass is 197 g/mol. The molecule has 0 aromatic rings. The van der Waals surface area contributed by atoms with Gasteiger partial charge in [-0.15, -0.1) is 0 Å². The lowest BCUT2D eigenvalue weighted by Crippen LogP contribution is -2.38. The van der Waals surface area contributed by atoms with E-state index in [0.717, 1.165) is 19.3 Å². The van der Waals surface area contributed by atoms with Crippen molar-refractivity contribution in [2.24, 2.45) is 11.1 Å². The summed E-state index contributed by atoms with van der Waals surface area (Å²) in [6.07, 6.45) is 7.70. The van der Waals surface area contributed by atoms with Crippen LogP contribution in [0.4, 0.5) is 0 Å². The van der Waals surface area contributed by atoms with Crippen LogP contribution in [-0.2, 0) is 4.79 Å². The summed E-state index contributed by atoms with van der Waals surface area (Å²) >= 11 is 0. The average molecular weight is 197 g/mol. The van der Waals surface area contributed by atoms with E-state index in [0.29, 0.717) is 12.8 Å². The van der Waals surface area contributed by atoms with E-state index in [1.54, 1.807) is 0 Å². The van der Waals surface area contributed by atoms with Crippen molar-refractivity contribution in [3.05, 3.63) is 12.2 Å². The van der Waals surface area contributed by atoms with Gasteiger partial charge in [-0.3, -0.25) is 4.79 Å². The van der Waals surface area contributed by atoms with Crippen LogP contribution in [0.25, 0.3) is 0 Å². The first-order chi connectivity index (χ1) is 6.60. The number of hydrogen-bond acceptors (Lipinski definition) is 2. The number of carboxylic acids is 1. The summed E-state index contributed by atoms with van der Waals surface area (Å²) in [5, 5.41) is 9.21. The summed E-state index contributed by atoms with van der Waals surface area (Å²) in [5.41, 5.74) is 5.13. The molecule has 0 unspecified atom stereocenters. The standard InChI is InChI=1S/C11H19NO2/c1-2-3-6-11(10(13)14)7-4-9(12)5-8-11/h3,6,9H,2,4-5,7-8,12H2,1H3,(H,13,14)/b6-3+. The van der Waals surface area contributed by atoms with Crippen LogP contribution in [0.2, 0.25) is 0 Å². The molecule has 0 aliphatic heterocycles. The molecule has 1 fully saturated rings. The van der Waals surface area contributed by atoms with Crippen LogP contribution in [0.1, 0.15) is 39.0 Å². The Labute approximate surface area is 85.0 Å². The van der Waals surface area contributed by atoms with Crippen LogP contribution in [0, 0.1) is 5.41 Å². The normalized spacial score (nSPS) is 33.4. The molecule has 3 heteroatoms. The van der Waals surface area contributed by atoms with Gasteiger partial charge in [-0.25, -0.2) is 0 Å². The number of hydrogen-bond donors (Lipinski definition) is 2. The van der Waals surface area contributed by atoms with Gasteiger partial charge >= 0.3 is 5.97 Å². The number of carbonyl (C=O) groups is 1. The van der Waals surface area contributed by atoms with Crippen LogP contribution in [-0.4, -0.2) is 17.1 Å². The molecule has 1 aliphatic rings. The molecule has 3 nitrogen and oxygen atoms in total. The van der Waals surface area contributed by atoms with E-state index in [1.807, 2.05) is 19.1 Å². The maximum atomic E-state index is 11.2. The smallest absolute Gasteiger partial charge is 0.313 e. The van der Waals surface area contributed by atoms with Crippen molar-refractivity contribution in [1.29, 1.82) is 0 Å². The molecule has 0 spiro atoms. The lowest BCUT2D eigenvalue weighted by Gasteiger charge is -2.33. The number of carboxylic acid groups (broad SMARTS) is 1. The maximum Gasteiger partial charge on any atom is 0.313 e. The fourth-order valence-corrected chi connectivity index (χ4v) is 1.95. The first-order valence-corrected chi connectivity index (χ1v) is 5.27. The van der Waals surface area contributed by atoms with Crippen molar-refractivity contribution in [3.63, 3.8) is 0 Å². The molecule has 0 heterocycles. The fraction of sp³-hybridized carbons (Fsp3) is 0.727. The lowest BCUT2D eigenvalue weighted by atomic mass is 9.72. The summed E-state index contributed by atoms with van der Waals surface area (Å²) < 4.78 is 0. The van der Waals surface area contributed by atoms with Crippen molar-refractivity contribution in [1.82, 2.24) is 0 Å². The van der Waals surface area contributed by atoms with Gasteiger partial charge in [0.25, 0.3) is 0 Å². The third-order valence-electron chi connectivity index (χ3n) is 3.02. The molecule has 1 rings (SSSR count). The van der Waals surface area contributed by atoms with E-state index in [4.69, 9.17) is 5.73 Å². The highest BCUT2D eigenvalue weighted by molar-refractivity contribution is 5.77. The maximum absolute atomic E-state index is 11.2. The second-order valence-corrected chi connectivity index (χ2v) is 4.11. The van der Waals surface area contributed by atoms with Gasteiger partial charge in [0.05, 0.1) is 5.41 Å². The van der Waals surface area contributed by atoms with E-state index in [1.165, 1.54) is 0 Å². The number of allylic oxidation sites excluding steroid dienone is 1. The first-order valence-electron chi connectivity index (χ1n) is 5.27. The molecule has 1 saturated carbocycles. The summed E-state index contributed by atoms with van der Waals surface area (Å²) in [4.78, 5) is 11.2. The van der Waals surface area contributed by atoms with Gasteiger partial charge in [0, 0.05) is 6.04 Å². The van der Waals surface area contributed by atoms with Crippen LogP contribution in [0.15, 0.2) is 12.2 Å². The predicted octanol–water partition coefficient (Wildman–Crippen LogP) is 1.92. The van der Waals surface area contributed by atoms with Gasteiger partial charge in [-0.05, 0) is 32.1 Å². The molecule has 14 heavy (non-hydrogen) atoms. The molecule has 0 atom stereocenters. The Morgan fingerprint density at radius 3 is 2.57 bits per heavy atom. The van der Waals surface area contributed by atoms with Crippen molar-refractivity contribution >= 4 is 5.97 Å². The molecule has 0 radical (unpaired) electrons. The third kappa shape index (κ3) is 2.35. The average Bonchev–Trinajstić information content (AvgIpc) is 2.17. The molecule has 80 valence electrons. The van der Waals surface area contributed by atoms with Crippen LogP contribution < -0.4 is 5.73 Å². The summed E-state index contributed by atoms with van der Waals surface area (Å²) in [6, 6.07) is 0.192. The summed E-state index contributed by atoms with van der Waals surface area (Å²) in [7, 11) is 0. The molecular weight excluding hydrogens is 178 g/mol. The van der Waals surface area contributed by atoms with Crippen LogP contribution in [0.5, 0.6) is 0 Å². The number of nitrogens with two attached hydrogens (primary N) is 1. The van der Waals surface area contributed by atoms with Gasteiger partial charge in [-0.1, -0.05) is 19.1 Å². The van der Waals surface area contributed by atoms with Gasteiger partial charge in [0.1, 0.15) is 0 Å². The van der Waals surface area contributed by atoms with Gasteiger partial charge in [0.2, 0.25) is 0 Å². The van der Waals surface area contributed by atoms with Gasteiger partial charge < -0.3 is 10.8 Å². The molecule has 0 bridgehead atoms. The Morgan fingerprint density at radius 1 is 1.57 bits per heavy atom. The first kappa shape index (κ1) is 11.2. The number of aliphatic carboxylic acids is 1. The summed E-state index contributed by atoms with van der Waals surface area (Å²) in [6.45, 7) is 2.01. The SMILES string of the molecule is CC/C=C/C1(C(=O)O)CCC(N)CC1. The minimum atomic E-state index is -0.700. The third-order valence-corrected chi connectivity index (χ3v) is 3.02. The van der Waals surface area contributed by atoms with Crippen LogP contribution >= 0.6 is 0 Å². The van der Waals surface area contributed by atoms with Crippen LogP contribution in [0.3, 0.4) is 0 Å². The highest BCUT2D eigenvalue weighted by Crippen LogP contribution is 2.37. The van der Waals surface area contributed by atoms with E-state index in [-0.39, 0.29) is 6.04 Å². The minimum Gasteiger partial charge on any atom is -0.481 e. The second kappa shape index (κ2) is 4.60. The molecular formula is C11H19NO2. The van der Waals surface area contributed by atoms with Gasteiger partial charge in [0.15, 0.2) is 0 Å². The molecule has 0 saturated heterocycles. The highest BCUT2D eigenvalue weighted by atomic mass is 16.4. The zero-order valence-electron chi connectivity index (χ0n) is 8.70. The van der Waals surface area contributed by atoms with Crippen molar-refractivity contribution in [2.75, 3.05) is 0 Å². The zero-order valence-corrected chi connectivity index (χ0v) is 8.70. The Kier molecular flexibility index (Phi) is 3.69. The molecule has 0 aromatic heterocycles. The quantitative estimate of drug-likeness (QED) is 0.679. The highest BCUT2D eigenvalue weighted by Gasteiger charge is 2.38. The van der Waals surface area contributed by atoms with Crippen molar-refractivity contribution < 1.29 is 9.90 Å². The second-order valence-electron chi connectivity index (χ2n) is 4.11. The summed E-state index contributed by atoms with van der Waals surface area (Å²) in [5.74, 6) is -0.700. The van der Waals surface area contributed by atoms with E-state index >= 15 is 0 Å². The molecule has 1 aliphatic carbocycles. The topological polar surface area (TPSA) is 63.3 Å². The Morgan fingerprint density at radius 2 is 2.14 bits per heavy atom. The largest absolute Gasteiger partial charge is 0.481 e. The molecule has 0 amide bonds. The Hall–Kier alpha value is -0.830. The predicted molar refractivity (Wildman–Crippen MR) is 55.9 cm³/mol. The zero-order chi connectivity index (χ0) is 10.6.